The summed E-state index contributed by atoms with van der Waals surface area (Å²) in [5.41, 5.74) is 1.83. The molecule has 0 bridgehead atoms. The van der Waals surface area contributed by atoms with Crippen molar-refractivity contribution >= 4 is 22.2 Å². The fourth-order valence-electron chi connectivity index (χ4n) is 2.92. The molecule has 1 aromatic carbocycles. The van der Waals surface area contributed by atoms with Gasteiger partial charge in [-0.3, -0.25) is 14.3 Å². The predicted molar refractivity (Wildman–Crippen MR) is 103 cm³/mol. The number of alkyl halides is 3. The van der Waals surface area contributed by atoms with Gasteiger partial charge in [0.25, 0.3) is 5.91 Å². The lowest BCUT2D eigenvalue weighted by Crippen LogP contribution is -2.29. The highest BCUT2D eigenvalue weighted by Crippen LogP contribution is 2.31. The second-order valence-corrected chi connectivity index (χ2v) is 7.39. The summed E-state index contributed by atoms with van der Waals surface area (Å²) in [6.07, 6.45) is 1.46. The number of fused-ring (bicyclic) bond motifs is 1. The Morgan fingerprint density at radius 2 is 2.03 bits per heavy atom. The second kappa shape index (κ2) is 7.36. The molecule has 0 atom stereocenters. The first-order valence-corrected chi connectivity index (χ1v) is 9.58. The molecule has 3 heterocycles. The predicted octanol–water partition coefficient (Wildman–Crippen LogP) is 4.12. The van der Waals surface area contributed by atoms with Crippen LogP contribution in [0.1, 0.15) is 21.6 Å². The van der Waals surface area contributed by atoms with Crippen LogP contribution >= 0.6 is 11.3 Å². The van der Waals surface area contributed by atoms with Gasteiger partial charge in [-0.25, -0.2) is 4.98 Å². The molecule has 0 unspecified atom stereocenters. The fraction of sp³-hybridized carbons (Fsp3) is 0.211. The van der Waals surface area contributed by atoms with Crippen molar-refractivity contribution in [2.24, 2.45) is 0 Å². The van der Waals surface area contributed by atoms with E-state index in [0.717, 1.165) is 17.7 Å². The Bertz CT molecular complexity index is 1130. The number of hydrogen-bond acceptors (Lipinski definition) is 4. The van der Waals surface area contributed by atoms with E-state index in [1.807, 2.05) is 0 Å². The Labute approximate surface area is 167 Å². The maximum Gasteiger partial charge on any atom is 0.416 e. The number of H-pyrrole nitrogens is 1. The van der Waals surface area contributed by atoms with Gasteiger partial charge in [-0.1, -0.05) is 12.1 Å². The zero-order valence-corrected chi connectivity index (χ0v) is 16.1. The number of imidazole rings is 1. The molecule has 4 aromatic rings. The Hall–Kier alpha value is -3.14. The number of aromatic amines is 1. The van der Waals surface area contributed by atoms with Crippen LogP contribution in [0.2, 0.25) is 0 Å². The van der Waals surface area contributed by atoms with Gasteiger partial charge in [0.2, 0.25) is 0 Å². The van der Waals surface area contributed by atoms with Crippen LogP contribution in [0.4, 0.5) is 13.2 Å². The molecular weight excluding hydrogens is 403 g/mol. The van der Waals surface area contributed by atoms with Crippen molar-refractivity contribution in [1.82, 2.24) is 24.5 Å². The third-order valence-electron chi connectivity index (χ3n) is 4.57. The highest BCUT2D eigenvalue weighted by Gasteiger charge is 2.30. The fourth-order valence-corrected chi connectivity index (χ4v) is 3.76. The molecule has 0 aliphatic carbocycles. The SMILES string of the molecule is CN(CCc1cn[nH]c1)C(=O)c1csc2nc(-c3ccc(C(F)(F)F)cc3)cn12. The molecule has 0 aliphatic heterocycles. The van der Waals surface area contributed by atoms with Crippen molar-refractivity contribution in [1.29, 1.82) is 0 Å². The molecule has 10 heteroatoms. The van der Waals surface area contributed by atoms with Crippen LogP contribution in [-0.2, 0) is 12.6 Å². The van der Waals surface area contributed by atoms with Crippen molar-refractivity contribution in [3.8, 4) is 11.3 Å². The highest BCUT2D eigenvalue weighted by atomic mass is 32.1. The van der Waals surface area contributed by atoms with Gasteiger partial charge >= 0.3 is 6.18 Å². The van der Waals surface area contributed by atoms with Crippen LogP contribution in [0.25, 0.3) is 16.2 Å². The number of nitrogens with zero attached hydrogens (tertiary/aromatic N) is 4. The first kappa shape index (κ1) is 19.2. The van der Waals surface area contributed by atoms with Crippen molar-refractivity contribution in [3.05, 3.63) is 65.1 Å². The van der Waals surface area contributed by atoms with E-state index in [4.69, 9.17) is 0 Å². The molecular formula is C19H16F3N5OS. The Balaban J connectivity index is 1.54. The van der Waals surface area contributed by atoms with Crippen LogP contribution < -0.4 is 0 Å². The Kier molecular flexibility index (Phi) is 4.87. The van der Waals surface area contributed by atoms with E-state index in [2.05, 4.69) is 15.2 Å². The Morgan fingerprint density at radius 1 is 1.28 bits per heavy atom. The van der Waals surface area contributed by atoms with E-state index < -0.39 is 11.7 Å². The van der Waals surface area contributed by atoms with Gasteiger partial charge in [0.1, 0.15) is 5.69 Å². The molecule has 3 aromatic heterocycles. The smallest absolute Gasteiger partial charge is 0.340 e. The number of rotatable bonds is 5. The number of thiazole rings is 1. The largest absolute Gasteiger partial charge is 0.416 e. The zero-order chi connectivity index (χ0) is 20.6. The lowest BCUT2D eigenvalue weighted by atomic mass is 10.1. The van der Waals surface area contributed by atoms with Crippen LogP contribution in [0.5, 0.6) is 0 Å². The zero-order valence-electron chi connectivity index (χ0n) is 15.3. The van der Waals surface area contributed by atoms with Gasteiger partial charge in [-0.05, 0) is 24.1 Å². The summed E-state index contributed by atoms with van der Waals surface area (Å²) >= 11 is 1.31. The summed E-state index contributed by atoms with van der Waals surface area (Å²) in [4.78, 5) is 19.5. The number of benzene rings is 1. The summed E-state index contributed by atoms with van der Waals surface area (Å²) in [6.45, 7) is 0.524. The van der Waals surface area contributed by atoms with E-state index in [9.17, 15) is 18.0 Å². The van der Waals surface area contributed by atoms with Crippen molar-refractivity contribution < 1.29 is 18.0 Å². The number of carbonyl (C=O) groups excluding carboxylic acids is 1. The molecule has 0 aliphatic rings. The van der Waals surface area contributed by atoms with Crippen molar-refractivity contribution in [2.45, 2.75) is 12.6 Å². The summed E-state index contributed by atoms with van der Waals surface area (Å²) < 4.78 is 39.9. The molecule has 150 valence electrons. The van der Waals surface area contributed by atoms with E-state index in [1.165, 1.54) is 23.5 Å². The van der Waals surface area contributed by atoms with Crippen LogP contribution in [-0.4, -0.2) is 44.0 Å². The molecule has 4 rings (SSSR count). The van der Waals surface area contributed by atoms with E-state index in [0.29, 0.717) is 34.9 Å². The number of hydrogen-bond donors (Lipinski definition) is 1. The number of carbonyl (C=O) groups is 1. The van der Waals surface area contributed by atoms with Crippen molar-refractivity contribution in [3.63, 3.8) is 0 Å². The van der Waals surface area contributed by atoms with Crippen LogP contribution in [0.15, 0.2) is 48.2 Å². The third kappa shape index (κ3) is 3.88. The normalized spacial score (nSPS) is 11.9. The second-order valence-electron chi connectivity index (χ2n) is 6.56. The topological polar surface area (TPSA) is 66.3 Å². The molecule has 1 amide bonds. The molecule has 29 heavy (non-hydrogen) atoms. The monoisotopic (exact) mass is 419 g/mol. The Morgan fingerprint density at radius 3 is 2.69 bits per heavy atom. The molecule has 6 nitrogen and oxygen atoms in total. The van der Waals surface area contributed by atoms with E-state index in [1.54, 1.807) is 40.3 Å². The number of likely N-dealkylation sites (N-methyl/N-ethyl adjacent to an activating group) is 1. The summed E-state index contributed by atoms with van der Waals surface area (Å²) in [6, 6.07) is 4.82. The summed E-state index contributed by atoms with van der Waals surface area (Å²) in [5.74, 6) is -0.156. The first-order valence-electron chi connectivity index (χ1n) is 8.70. The van der Waals surface area contributed by atoms with Gasteiger partial charge in [-0.2, -0.15) is 18.3 Å². The van der Waals surface area contributed by atoms with Crippen LogP contribution in [0.3, 0.4) is 0 Å². The quantitative estimate of drug-likeness (QED) is 0.529. The minimum absolute atomic E-state index is 0.156. The van der Waals surface area contributed by atoms with E-state index in [-0.39, 0.29) is 5.91 Å². The number of nitrogens with one attached hydrogen (secondary N) is 1. The average Bonchev–Trinajstić information content (AvgIpc) is 3.42. The third-order valence-corrected chi connectivity index (χ3v) is 5.41. The molecule has 0 fully saturated rings. The lowest BCUT2D eigenvalue weighted by Gasteiger charge is -2.16. The van der Waals surface area contributed by atoms with Gasteiger partial charge < -0.3 is 4.90 Å². The van der Waals surface area contributed by atoms with Gasteiger partial charge in [0.05, 0.1) is 17.5 Å². The summed E-state index contributed by atoms with van der Waals surface area (Å²) in [5, 5.41) is 8.35. The molecule has 0 saturated heterocycles. The van der Waals surface area contributed by atoms with Gasteiger partial charge in [0, 0.05) is 36.9 Å². The molecule has 0 radical (unpaired) electrons. The minimum Gasteiger partial charge on any atom is -0.340 e. The number of aromatic nitrogens is 4. The maximum absolute atomic E-state index is 12.8. The number of halogens is 3. The minimum atomic E-state index is -4.38. The van der Waals surface area contributed by atoms with Gasteiger partial charge in [0.15, 0.2) is 4.96 Å². The van der Waals surface area contributed by atoms with Crippen LogP contribution in [0, 0.1) is 0 Å². The number of amides is 1. The molecule has 1 N–H and O–H groups in total. The van der Waals surface area contributed by atoms with Gasteiger partial charge in [-0.15, -0.1) is 11.3 Å². The summed E-state index contributed by atoms with van der Waals surface area (Å²) in [7, 11) is 1.72. The first-order chi connectivity index (χ1) is 13.8. The molecule has 0 saturated carbocycles. The highest BCUT2D eigenvalue weighted by molar-refractivity contribution is 7.15. The standard InChI is InChI=1S/C19H16F3N5OS/c1-26(7-6-12-8-23-24-9-12)17(28)16-11-29-18-25-15(10-27(16)18)13-2-4-14(5-3-13)19(20,21)22/h2-5,8-11H,6-7H2,1H3,(H,23,24). The molecule has 0 spiro atoms. The van der Waals surface area contributed by atoms with Crippen molar-refractivity contribution in [2.75, 3.05) is 13.6 Å². The average molecular weight is 419 g/mol. The van der Waals surface area contributed by atoms with E-state index >= 15 is 0 Å². The lowest BCUT2D eigenvalue weighted by molar-refractivity contribution is -0.137. The maximum atomic E-state index is 12.8.